The Hall–Kier alpha value is -0.830. The summed E-state index contributed by atoms with van der Waals surface area (Å²) in [6.45, 7) is 0.791. The molecule has 2 heterocycles. The maximum atomic E-state index is 5.59. The van der Waals surface area contributed by atoms with E-state index in [1.807, 2.05) is 0 Å². The van der Waals surface area contributed by atoms with Gasteiger partial charge in [0.25, 0.3) is 0 Å². The van der Waals surface area contributed by atoms with Gasteiger partial charge in [-0.2, -0.15) is 0 Å². The highest BCUT2D eigenvalue weighted by molar-refractivity contribution is 5.14. The van der Waals surface area contributed by atoms with E-state index in [0.717, 1.165) is 31.1 Å². The van der Waals surface area contributed by atoms with Gasteiger partial charge >= 0.3 is 0 Å². The Balaban J connectivity index is 1.97. The fourth-order valence-electron chi connectivity index (χ4n) is 1.70. The van der Waals surface area contributed by atoms with E-state index < -0.39 is 0 Å². The van der Waals surface area contributed by atoms with Crippen molar-refractivity contribution in [1.29, 1.82) is 0 Å². The standard InChI is InChI=1S/C9H11NO2/c1-2-4-7-6(3-1)10-9(12-7)8-5-11-8/h8H,1-5H2. The van der Waals surface area contributed by atoms with E-state index >= 15 is 0 Å². The summed E-state index contributed by atoms with van der Waals surface area (Å²) in [5.41, 5.74) is 1.17. The molecule has 1 saturated heterocycles. The summed E-state index contributed by atoms with van der Waals surface area (Å²) in [4.78, 5) is 4.42. The molecular formula is C9H11NO2. The van der Waals surface area contributed by atoms with E-state index in [2.05, 4.69) is 4.98 Å². The molecule has 0 saturated carbocycles. The van der Waals surface area contributed by atoms with Crippen LogP contribution in [0.5, 0.6) is 0 Å². The molecule has 3 rings (SSSR count). The molecule has 1 aromatic heterocycles. The van der Waals surface area contributed by atoms with Crippen LogP contribution in [0.2, 0.25) is 0 Å². The summed E-state index contributed by atoms with van der Waals surface area (Å²) in [5, 5.41) is 0. The largest absolute Gasteiger partial charge is 0.442 e. The Kier molecular flexibility index (Phi) is 1.29. The monoisotopic (exact) mass is 165 g/mol. The molecule has 12 heavy (non-hydrogen) atoms. The van der Waals surface area contributed by atoms with Gasteiger partial charge in [-0.05, 0) is 19.3 Å². The van der Waals surface area contributed by atoms with Crippen LogP contribution in [0.15, 0.2) is 4.42 Å². The molecule has 0 radical (unpaired) electrons. The zero-order chi connectivity index (χ0) is 7.97. The molecular weight excluding hydrogens is 154 g/mol. The summed E-state index contributed by atoms with van der Waals surface area (Å²) in [6.07, 6.45) is 4.83. The van der Waals surface area contributed by atoms with Gasteiger partial charge in [-0.1, -0.05) is 0 Å². The highest BCUT2D eigenvalue weighted by Crippen LogP contribution is 2.32. The third kappa shape index (κ3) is 0.966. The van der Waals surface area contributed by atoms with Gasteiger partial charge in [-0.15, -0.1) is 0 Å². The van der Waals surface area contributed by atoms with Crippen molar-refractivity contribution < 1.29 is 9.15 Å². The van der Waals surface area contributed by atoms with Gasteiger partial charge in [-0.3, -0.25) is 0 Å². The molecule has 2 aliphatic rings. The number of hydrogen-bond acceptors (Lipinski definition) is 3. The number of epoxide rings is 1. The topological polar surface area (TPSA) is 38.6 Å². The average Bonchev–Trinajstić information content (AvgIpc) is 2.85. The predicted molar refractivity (Wildman–Crippen MR) is 41.8 cm³/mol. The molecule has 3 heteroatoms. The van der Waals surface area contributed by atoms with Crippen molar-refractivity contribution in [1.82, 2.24) is 4.98 Å². The van der Waals surface area contributed by atoms with Crippen LogP contribution in [0.1, 0.15) is 36.3 Å². The average molecular weight is 165 g/mol. The van der Waals surface area contributed by atoms with Crippen molar-refractivity contribution in [2.24, 2.45) is 0 Å². The lowest BCUT2D eigenvalue weighted by molar-refractivity contribution is 0.350. The number of fused-ring (bicyclic) bond motifs is 1. The third-order valence-electron chi connectivity index (χ3n) is 2.47. The first-order chi connectivity index (χ1) is 5.93. The van der Waals surface area contributed by atoms with Crippen LogP contribution in [0, 0.1) is 0 Å². The number of aromatic nitrogens is 1. The SMILES string of the molecule is C1CCc2oc(C3CO3)nc2C1. The van der Waals surface area contributed by atoms with Crippen molar-refractivity contribution in [3.8, 4) is 0 Å². The van der Waals surface area contributed by atoms with Gasteiger partial charge in [-0.25, -0.2) is 4.98 Å². The first-order valence-corrected chi connectivity index (χ1v) is 4.53. The lowest BCUT2D eigenvalue weighted by atomic mass is 10.0. The Labute approximate surface area is 70.7 Å². The highest BCUT2D eigenvalue weighted by Gasteiger charge is 2.31. The van der Waals surface area contributed by atoms with E-state index in [0.29, 0.717) is 0 Å². The van der Waals surface area contributed by atoms with Gasteiger partial charge < -0.3 is 9.15 Å². The van der Waals surface area contributed by atoms with Crippen molar-refractivity contribution in [2.75, 3.05) is 6.61 Å². The molecule has 1 aliphatic heterocycles. The third-order valence-corrected chi connectivity index (χ3v) is 2.47. The Morgan fingerprint density at radius 1 is 1.25 bits per heavy atom. The van der Waals surface area contributed by atoms with Crippen molar-refractivity contribution in [3.05, 3.63) is 17.3 Å². The molecule has 0 aromatic carbocycles. The first-order valence-electron chi connectivity index (χ1n) is 4.53. The van der Waals surface area contributed by atoms with Crippen LogP contribution in [0.25, 0.3) is 0 Å². The smallest absolute Gasteiger partial charge is 0.226 e. The maximum Gasteiger partial charge on any atom is 0.226 e. The molecule has 64 valence electrons. The van der Waals surface area contributed by atoms with Crippen LogP contribution < -0.4 is 0 Å². The quantitative estimate of drug-likeness (QED) is 0.593. The second-order valence-corrected chi connectivity index (χ2v) is 3.45. The molecule has 1 aliphatic carbocycles. The van der Waals surface area contributed by atoms with Crippen LogP contribution in [0.3, 0.4) is 0 Å². The van der Waals surface area contributed by atoms with E-state index in [-0.39, 0.29) is 6.10 Å². The fraction of sp³-hybridized carbons (Fsp3) is 0.667. The lowest BCUT2D eigenvalue weighted by Crippen LogP contribution is -1.99. The Morgan fingerprint density at radius 3 is 2.83 bits per heavy atom. The number of hydrogen-bond donors (Lipinski definition) is 0. The number of oxazole rings is 1. The second-order valence-electron chi connectivity index (χ2n) is 3.45. The van der Waals surface area contributed by atoms with Gasteiger partial charge in [0.05, 0.1) is 12.3 Å². The van der Waals surface area contributed by atoms with Gasteiger partial charge in [0.2, 0.25) is 5.89 Å². The van der Waals surface area contributed by atoms with Crippen molar-refractivity contribution in [2.45, 2.75) is 31.8 Å². The summed E-state index contributed by atoms with van der Waals surface area (Å²) in [7, 11) is 0. The molecule has 1 atom stereocenters. The van der Waals surface area contributed by atoms with Crippen molar-refractivity contribution >= 4 is 0 Å². The fourth-order valence-corrected chi connectivity index (χ4v) is 1.70. The molecule has 0 spiro atoms. The zero-order valence-electron chi connectivity index (χ0n) is 6.88. The van der Waals surface area contributed by atoms with Crippen LogP contribution in [-0.2, 0) is 17.6 Å². The number of aryl methyl sites for hydroxylation is 2. The van der Waals surface area contributed by atoms with E-state index in [9.17, 15) is 0 Å². The first kappa shape index (κ1) is 6.66. The van der Waals surface area contributed by atoms with E-state index in [4.69, 9.17) is 9.15 Å². The summed E-state index contributed by atoms with van der Waals surface area (Å²) in [5.74, 6) is 1.91. The van der Waals surface area contributed by atoms with Crippen LogP contribution in [-0.4, -0.2) is 11.6 Å². The van der Waals surface area contributed by atoms with E-state index in [1.165, 1.54) is 18.5 Å². The summed E-state index contributed by atoms with van der Waals surface area (Å²) >= 11 is 0. The highest BCUT2D eigenvalue weighted by atomic mass is 16.6. The van der Waals surface area contributed by atoms with Gasteiger partial charge in [0.15, 0.2) is 6.10 Å². The second kappa shape index (κ2) is 2.33. The number of nitrogens with zero attached hydrogens (tertiary/aromatic N) is 1. The summed E-state index contributed by atoms with van der Waals surface area (Å²) in [6, 6.07) is 0. The van der Waals surface area contributed by atoms with Gasteiger partial charge in [0.1, 0.15) is 5.76 Å². The van der Waals surface area contributed by atoms with Crippen LogP contribution in [0.4, 0.5) is 0 Å². The molecule has 1 unspecified atom stereocenters. The summed E-state index contributed by atoms with van der Waals surface area (Å²) < 4.78 is 10.7. The lowest BCUT2D eigenvalue weighted by Gasteiger charge is -2.05. The molecule has 1 aromatic rings. The molecule has 1 fully saturated rings. The molecule has 3 nitrogen and oxygen atoms in total. The normalized spacial score (nSPS) is 26.8. The van der Waals surface area contributed by atoms with E-state index in [1.54, 1.807) is 0 Å². The number of rotatable bonds is 1. The van der Waals surface area contributed by atoms with Crippen LogP contribution >= 0.6 is 0 Å². The van der Waals surface area contributed by atoms with Crippen molar-refractivity contribution in [3.63, 3.8) is 0 Å². The molecule has 0 N–H and O–H groups in total. The minimum Gasteiger partial charge on any atom is -0.442 e. The number of ether oxygens (including phenoxy) is 1. The van der Waals surface area contributed by atoms with Gasteiger partial charge in [0, 0.05) is 6.42 Å². The molecule has 0 bridgehead atoms. The Bertz CT molecular complexity index is 278. The molecule has 0 amide bonds. The zero-order valence-corrected chi connectivity index (χ0v) is 6.88. The minimum atomic E-state index is 0.176. The predicted octanol–water partition coefficient (Wildman–Crippen LogP) is 1.62. The Morgan fingerprint density at radius 2 is 2.08 bits per heavy atom. The maximum absolute atomic E-state index is 5.59. The minimum absolute atomic E-state index is 0.176.